The van der Waals surface area contributed by atoms with Gasteiger partial charge in [0.05, 0.1) is 5.41 Å². The van der Waals surface area contributed by atoms with Gasteiger partial charge in [0.1, 0.15) is 29.4 Å². The number of allylic oxidation sites excluding steroid dienone is 1. The first-order chi connectivity index (χ1) is 18.9. The first kappa shape index (κ1) is 30.4. The Labute approximate surface area is 236 Å². The fourth-order valence-electron chi connectivity index (χ4n) is 3.39. The van der Waals surface area contributed by atoms with Gasteiger partial charge >= 0.3 is 18.0 Å². The van der Waals surface area contributed by atoms with E-state index in [0.717, 1.165) is 16.2 Å². The minimum Gasteiger partial charge on any atom is -0.445 e. The first-order valence-corrected chi connectivity index (χ1v) is 13.6. The Morgan fingerprint density at radius 3 is 2.60 bits per heavy atom. The van der Waals surface area contributed by atoms with E-state index in [1.165, 1.54) is 36.3 Å². The van der Waals surface area contributed by atoms with E-state index in [4.69, 9.17) is 19.9 Å². The molecule has 2 atom stereocenters. The number of esters is 2. The smallest absolute Gasteiger partial charge is 0.407 e. The first-order valence-electron chi connectivity index (χ1n) is 11.7. The zero-order valence-electron chi connectivity index (χ0n) is 22.0. The van der Waals surface area contributed by atoms with Crippen LogP contribution in [0.4, 0.5) is 9.93 Å². The molecular weight excluding hydrogens is 568 g/mol. The van der Waals surface area contributed by atoms with E-state index in [2.05, 4.69) is 20.8 Å². The zero-order valence-corrected chi connectivity index (χ0v) is 23.6. The van der Waals surface area contributed by atoms with Crippen molar-refractivity contribution in [2.24, 2.45) is 10.6 Å². The number of ether oxygens (including phenoxy) is 3. The van der Waals surface area contributed by atoms with Crippen LogP contribution in [0.3, 0.4) is 0 Å². The number of thioether (sulfide) groups is 1. The molecule has 2 aliphatic heterocycles. The summed E-state index contributed by atoms with van der Waals surface area (Å²) in [4.78, 5) is 67.4. The lowest BCUT2D eigenvalue weighted by atomic mass is 9.98. The second-order valence-corrected chi connectivity index (χ2v) is 11.2. The van der Waals surface area contributed by atoms with Crippen LogP contribution in [-0.2, 0) is 33.4 Å². The van der Waals surface area contributed by atoms with E-state index >= 15 is 0 Å². The number of nitrogens with zero attached hydrogens (tertiary/aromatic N) is 3. The van der Waals surface area contributed by atoms with Gasteiger partial charge in [-0.05, 0) is 32.4 Å². The maximum absolute atomic E-state index is 13.1. The van der Waals surface area contributed by atoms with Gasteiger partial charge in [0.15, 0.2) is 10.8 Å². The minimum absolute atomic E-state index is 0.0304. The van der Waals surface area contributed by atoms with E-state index in [1.807, 2.05) is 0 Å². The van der Waals surface area contributed by atoms with E-state index in [-0.39, 0.29) is 28.9 Å². The molecule has 0 bridgehead atoms. The number of carbonyl (C=O) groups excluding carboxylic acids is 5. The highest BCUT2D eigenvalue weighted by Crippen LogP contribution is 2.41. The van der Waals surface area contributed by atoms with Crippen molar-refractivity contribution in [3.8, 4) is 0 Å². The van der Waals surface area contributed by atoms with Crippen molar-refractivity contribution in [2.75, 3.05) is 31.9 Å². The lowest BCUT2D eigenvalue weighted by molar-refractivity contribution is -0.173. The molecule has 1 aromatic heterocycles. The van der Waals surface area contributed by atoms with Crippen LogP contribution in [0, 0.1) is 5.41 Å². The number of hydrogen-bond acceptors (Lipinski definition) is 14. The van der Waals surface area contributed by atoms with Gasteiger partial charge in [0, 0.05) is 18.2 Å². The van der Waals surface area contributed by atoms with Crippen LogP contribution in [0.25, 0.3) is 0 Å². The van der Waals surface area contributed by atoms with Crippen LogP contribution in [-0.4, -0.2) is 88.3 Å². The van der Waals surface area contributed by atoms with Crippen molar-refractivity contribution >= 4 is 63.8 Å². The molecule has 1 fully saturated rings. The summed E-state index contributed by atoms with van der Waals surface area (Å²) in [5, 5.41) is 18.0. The third-order valence-corrected chi connectivity index (χ3v) is 7.36. The van der Waals surface area contributed by atoms with Gasteiger partial charge in [-0.2, -0.15) is 0 Å². The maximum Gasteiger partial charge on any atom is 0.407 e. The zero-order chi connectivity index (χ0) is 29.6. The number of thiazole rings is 1. The van der Waals surface area contributed by atoms with Crippen LogP contribution in [0.2, 0.25) is 0 Å². The number of carbonyl (C=O) groups is 5. The van der Waals surface area contributed by atoms with Crippen LogP contribution in [0.15, 0.2) is 34.0 Å². The van der Waals surface area contributed by atoms with Crippen LogP contribution >= 0.6 is 23.1 Å². The highest BCUT2D eigenvalue weighted by molar-refractivity contribution is 8.00. The number of β-lactam (4-membered cyclic amide) rings is 1. The van der Waals surface area contributed by atoms with Gasteiger partial charge in [-0.3, -0.25) is 19.3 Å². The van der Waals surface area contributed by atoms with E-state index in [0.29, 0.717) is 5.57 Å². The average Bonchev–Trinajstić information content (AvgIpc) is 3.34. The van der Waals surface area contributed by atoms with Crippen molar-refractivity contribution in [1.82, 2.24) is 20.5 Å². The second-order valence-electron chi connectivity index (χ2n) is 9.24. The van der Waals surface area contributed by atoms with Crippen LogP contribution < -0.4 is 16.4 Å². The molecule has 1 saturated heterocycles. The fourth-order valence-corrected chi connectivity index (χ4v) is 5.25. The van der Waals surface area contributed by atoms with Gasteiger partial charge in [-0.15, -0.1) is 23.1 Å². The largest absolute Gasteiger partial charge is 0.445 e. The molecule has 3 heterocycles. The molecule has 5 N–H and O–H groups in total. The van der Waals surface area contributed by atoms with Crippen LogP contribution in [0.1, 0.15) is 26.5 Å². The lowest BCUT2D eigenvalue weighted by Crippen LogP contribution is -2.71. The Morgan fingerprint density at radius 2 is 2.00 bits per heavy atom. The van der Waals surface area contributed by atoms with Gasteiger partial charge in [-0.25, -0.2) is 14.6 Å². The average molecular weight is 597 g/mol. The third-order valence-electron chi connectivity index (χ3n) is 5.38. The molecule has 40 heavy (non-hydrogen) atoms. The molecule has 2 aliphatic rings. The summed E-state index contributed by atoms with van der Waals surface area (Å²) >= 11 is 2.28. The van der Waals surface area contributed by atoms with Crippen molar-refractivity contribution < 1.29 is 43.4 Å². The number of hydrogen-bond donors (Lipinski definition) is 4. The number of oxime groups is 1. The number of fused-ring (bicyclic) bond motifs is 1. The molecule has 0 aliphatic carbocycles. The molecule has 0 spiro atoms. The summed E-state index contributed by atoms with van der Waals surface area (Å²) in [5.41, 5.74) is 4.61. The minimum atomic E-state index is -1.06. The molecule has 0 radical (unpaired) electrons. The predicted octanol–water partition coefficient (Wildman–Crippen LogP) is 0.560. The summed E-state index contributed by atoms with van der Waals surface area (Å²) in [6, 6.07) is -1.06. The number of alkyl carbamates (subject to hydrolysis) is 1. The van der Waals surface area contributed by atoms with Gasteiger partial charge in [0.2, 0.25) is 6.79 Å². The number of anilines is 1. The molecule has 3 rings (SSSR count). The Morgan fingerprint density at radius 1 is 1.27 bits per heavy atom. The Bertz CT molecular complexity index is 1280. The van der Waals surface area contributed by atoms with Crippen molar-refractivity contribution in [3.05, 3.63) is 34.5 Å². The fraction of sp³-hybridized carbons (Fsp3) is 0.435. The summed E-state index contributed by atoms with van der Waals surface area (Å²) < 4.78 is 15.0. The predicted molar refractivity (Wildman–Crippen MR) is 143 cm³/mol. The van der Waals surface area contributed by atoms with E-state index in [1.54, 1.807) is 20.8 Å². The monoisotopic (exact) mass is 596 g/mol. The van der Waals surface area contributed by atoms with Gasteiger partial charge in [-0.1, -0.05) is 11.2 Å². The third kappa shape index (κ3) is 6.90. The Kier molecular flexibility index (Phi) is 9.75. The summed E-state index contributed by atoms with van der Waals surface area (Å²) in [5.74, 6) is -2.82. The second kappa shape index (κ2) is 12.8. The van der Waals surface area contributed by atoms with Crippen LogP contribution in [0.5, 0.6) is 0 Å². The molecule has 0 aromatic carbocycles. The number of nitrogens with one attached hydrogen (secondary N) is 2. The number of nitrogen functional groups attached to an aromatic ring is 1. The molecule has 17 heteroatoms. The Hall–Kier alpha value is -4.12. The molecular formula is C23H28N6O9S2. The molecule has 2 unspecified atom stereocenters. The number of rotatable bonds is 9. The van der Waals surface area contributed by atoms with Crippen molar-refractivity contribution in [1.29, 1.82) is 0 Å². The Balaban J connectivity index is 1.77. The van der Waals surface area contributed by atoms with Crippen molar-refractivity contribution in [3.63, 3.8) is 0 Å². The molecule has 1 aromatic rings. The number of nitrogens with two attached hydrogens (primary N) is 1. The normalized spacial score (nSPS) is 19.1. The summed E-state index contributed by atoms with van der Waals surface area (Å²) in [6.45, 7) is 4.11. The molecule has 15 nitrogen and oxygen atoms in total. The molecule has 3 amide bonds. The lowest BCUT2D eigenvalue weighted by Gasteiger charge is -2.49. The SMILES string of the molecule is CNC(=O)OC/C=C/C1=C(C(=O)OCOC(=O)C(C)(C)C)N2C(=O)C(NC(=O)/C(=N/O)c3csc(N)n3)C2SC1. The van der Waals surface area contributed by atoms with E-state index in [9.17, 15) is 29.2 Å². The highest BCUT2D eigenvalue weighted by atomic mass is 32.2. The van der Waals surface area contributed by atoms with Gasteiger partial charge < -0.3 is 35.8 Å². The number of aromatic nitrogens is 1. The van der Waals surface area contributed by atoms with E-state index < -0.39 is 59.2 Å². The topological polar surface area (TPSA) is 212 Å². The summed E-state index contributed by atoms with van der Waals surface area (Å²) in [6.07, 6.45) is 2.33. The quantitative estimate of drug-likeness (QED) is 0.0769. The standard InChI is InChI=1S/C23H28N6O9S2/c1-23(2,3)20(33)38-10-37-19(32)15-11(6-5-7-36-22(34)25-4)8-39-18-14(17(31)29(15)18)27-16(30)13(28-35)12-9-40-21(24)26-12/h5-6,9,14,18,35H,7-8,10H2,1-4H3,(H2,24,26)(H,25,34)(H,27,30)/b6-5+,28-13+. The number of amides is 3. The maximum atomic E-state index is 13.1. The summed E-state index contributed by atoms with van der Waals surface area (Å²) in [7, 11) is 1.40. The molecule has 0 saturated carbocycles. The van der Waals surface area contributed by atoms with Gasteiger partial charge in [0.25, 0.3) is 11.8 Å². The highest BCUT2D eigenvalue weighted by Gasteiger charge is 2.54. The van der Waals surface area contributed by atoms with Crippen molar-refractivity contribution in [2.45, 2.75) is 32.2 Å². The molecule has 216 valence electrons.